The Morgan fingerprint density at radius 3 is 2.70 bits per heavy atom. The van der Waals surface area contributed by atoms with Crippen molar-refractivity contribution in [1.82, 2.24) is 25.4 Å². The number of hydrogen-bond donors (Lipinski definition) is 3. The number of amides is 1. The molecule has 1 atom stereocenters. The molecule has 1 aliphatic heterocycles. The van der Waals surface area contributed by atoms with Crippen molar-refractivity contribution in [3.8, 4) is 11.3 Å². The van der Waals surface area contributed by atoms with Gasteiger partial charge in [-0.25, -0.2) is 13.4 Å². The third-order valence-electron chi connectivity index (χ3n) is 6.35. The fraction of sp³-hybridized carbons (Fsp3) is 0.240. The summed E-state index contributed by atoms with van der Waals surface area (Å²) in [6, 6.07) is 12.8. The number of sulfonamides is 1. The van der Waals surface area contributed by atoms with Gasteiger partial charge in [0.15, 0.2) is 5.65 Å². The van der Waals surface area contributed by atoms with Gasteiger partial charge in [0.25, 0.3) is 15.9 Å². The quantitative estimate of drug-likeness (QED) is 0.309. The Labute approximate surface area is 224 Å². The maximum atomic E-state index is 13.1. The molecule has 4 aromatic rings. The first-order valence-corrected chi connectivity index (χ1v) is 13.8. The Morgan fingerprint density at radius 1 is 1.19 bits per heavy atom. The number of carbonyl (C=O) groups excluding carboxylic acids is 1. The number of aromatic amines is 1. The summed E-state index contributed by atoms with van der Waals surface area (Å²) in [6.45, 7) is 2.60. The highest BCUT2D eigenvalue weighted by molar-refractivity contribution is 7.92. The fourth-order valence-corrected chi connectivity index (χ4v) is 6.22. The van der Waals surface area contributed by atoms with E-state index in [0.717, 1.165) is 19.5 Å². The first kappa shape index (κ1) is 25.5. The highest BCUT2D eigenvalue weighted by Crippen LogP contribution is 2.31. The van der Waals surface area contributed by atoms with Crippen LogP contribution in [-0.2, 0) is 10.0 Å². The highest BCUT2D eigenvalue weighted by atomic mass is 35.5. The molecule has 3 N–H and O–H groups in total. The molecular weight excluding hydrogens is 535 g/mol. The maximum Gasteiger partial charge on any atom is 0.263 e. The van der Waals surface area contributed by atoms with Gasteiger partial charge in [0.1, 0.15) is 4.90 Å². The third kappa shape index (κ3) is 5.42. The van der Waals surface area contributed by atoms with Crippen LogP contribution in [0.25, 0.3) is 22.3 Å². The van der Waals surface area contributed by atoms with Gasteiger partial charge in [-0.05, 0) is 56.3 Å². The molecule has 37 heavy (non-hydrogen) atoms. The van der Waals surface area contributed by atoms with Crippen LogP contribution in [0.2, 0.25) is 10.0 Å². The second-order valence-corrected chi connectivity index (χ2v) is 11.5. The number of H-pyrrole nitrogens is 1. The standard InChI is InChI=1S/C25H24Cl2N6O3S/c1-33-10-9-15(14-33)12-28-25(34)18-11-21(30-24-19(18)13-29-31-24)16-5-7-17(8-6-16)32-37(35,36)22-4-2-3-20(26)23(22)27/h2-8,11,13,15,32H,9-10,12,14H2,1H3,(H,28,34)(H,29,30,31). The average Bonchev–Trinajstić information content (AvgIpc) is 3.52. The topological polar surface area (TPSA) is 120 Å². The van der Waals surface area contributed by atoms with E-state index in [0.29, 0.717) is 46.0 Å². The molecule has 9 nitrogen and oxygen atoms in total. The number of benzene rings is 2. The number of nitrogens with one attached hydrogen (secondary N) is 3. The molecule has 2 aromatic carbocycles. The predicted octanol–water partition coefficient (Wildman–Crippen LogP) is 4.41. The summed E-state index contributed by atoms with van der Waals surface area (Å²) in [6.07, 6.45) is 2.64. The minimum absolute atomic E-state index is 0.0453. The normalized spacial score (nSPS) is 16.2. The average molecular weight is 559 g/mol. The molecule has 5 rings (SSSR count). The molecule has 3 heterocycles. The Hall–Kier alpha value is -3.18. The zero-order chi connectivity index (χ0) is 26.2. The van der Waals surface area contributed by atoms with Crippen LogP contribution in [0.15, 0.2) is 59.6 Å². The molecule has 1 amide bonds. The van der Waals surface area contributed by atoms with Crippen molar-refractivity contribution in [2.24, 2.45) is 5.92 Å². The van der Waals surface area contributed by atoms with Crippen LogP contribution in [0.4, 0.5) is 5.69 Å². The smallest absolute Gasteiger partial charge is 0.263 e. The van der Waals surface area contributed by atoms with E-state index in [-0.39, 0.29) is 20.8 Å². The Balaban J connectivity index is 1.37. The zero-order valence-corrected chi connectivity index (χ0v) is 22.2. The Bertz CT molecular complexity index is 1570. The molecule has 1 unspecified atom stereocenters. The molecule has 0 saturated carbocycles. The lowest BCUT2D eigenvalue weighted by atomic mass is 10.1. The van der Waals surface area contributed by atoms with Crippen molar-refractivity contribution in [2.45, 2.75) is 11.3 Å². The van der Waals surface area contributed by atoms with E-state index in [1.54, 1.807) is 36.5 Å². The monoisotopic (exact) mass is 558 g/mol. The minimum Gasteiger partial charge on any atom is -0.352 e. The van der Waals surface area contributed by atoms with Crippen molar-refractivity contribution < 1.29 is 13.2 Å². The van der Waals surface area contributed by atoms with Gasteiger partial charge in [-0.15, -0.1) is 0 Å². The molecule has 1 aliphatic rings. The number of fused-ring (bicyclic) bond motifs is 1. The van der Waals surface area contributed by atoms with Gasteiger partial charge >= 0.3 is 0 Å². The second-order valence-electron chi connectivity index (χ2n) is 9.05. The maximum absolute atomic E-state index is 13.1. The lowest BCUT2D eigenvalue weighted by Crippen LogP contribution is -2.30. The largest absolute Gasteiger partial charge is 0.352 e. The van der Waals surface area contributed by atoms with Crippen LogP contribution in [0, 0.1) is 5.92 Å². The predicted molar refractivity (Wildman–Crippen MR) is 145 cm³/mol. The van der Waals surface area contributed by atoms with Crippen LogP contribution in [0.1, 0.15) is 16.8 Å². The molecule has 12 heteroatoms. The first-order valence-electron chi connectivity index (χ1n) is 11.6. The van der Waals surface area contributed by atoms with E-state index in [1.807, 2.05) is 0 Å². The molecule has 2 aromatic heterocycles. The Morgan fingerprint density at radius 2 is 1.97 bits per heavy atom. The van der Waals surface area contributed by atoms with E-state index in [4.69, 9.17) is 23.2 Å². The number of aromatic nitrogens is 3. The number of likely N-dealkylation sites (tertiary alicyclic amines) is 1. The summed E-state index contributed by atoms with van der Waals surface area (Å²) in [5, 5.41) is 10.7. The van der Waals surface area contributed by atoms with Crippen LogP contribution < -0.4 is 10.0 Å². The van der Waals surface area contributed by atoms with Crippen LogP contribution in [0.5, 0.6) is 0 Å². The zero-order valence-electron chi connectivity index (χ0n) is 19.8. The van der Waals surface area contributed by atoms with E-state index >= 15 is 0 Å². The molecule has 1 saturated heterocycles. The van der Waals surface area contributed by atoms with Crippen molar-refractivity contribution in [3.05, 3.63) is 70.3 Å². The summed E-state index contributed by atoms with van der Waals surface area (Å²) < 4.78 is 28.1. The first-order chi connectivity index (χ1) is 17.7. The molecule has 192 valence electrons. The van der Waals surface area contributed by atoms with Crippen molar-refractivity contribution in [2.75, 3.05) is 31.4 Å². The second kappa shape index (κ2) is 10.3. The van der Waals surface area contributed by atoms with Gasteiger partial charge in [0.2, 0.25) is 0 Å². The molecule has 0 spiro atoms. The summed E-state index contributed by atoms with van der Waals surface area (Å²) in [5.41, 5.74) is 2.55. The van der Waals surface area contributed by atoms with Crippen molar-refractivity contribution in [3.63, 3.8) is 0 Å². The number of hydrogen-bond acceptors (Lipinski definition) is 6. The highest BCUT2D eigenvalue weighted by Gasteiger charge is 2.22. The number of carbonyl (C=O) groups is 1. The molecule has 1 fully saturated rings. The van der Waals surface area contributed by atoms with Crippen LogP contribution >= 0.6 is 23.2 Å². The number of halogens is 2. The van der Waals surface area contributed by atoms with Crippen molar-refractivity contribution in [1.29, 1.82) is 0 Å². The van der Waals surface area contributed by atoms with E-state index in [9.17, 15) is 13.2 Å². The lowest BCUT2D eigenvalue weighted by molar-refractivity contribution is 0.0949. The summed E-state index contributed by atoms with van der Waals surface area (Å²) in [7, 11) is -1.87. The lowest BCUT2D eigenvalue weighted by Gasteiger charge is -2.13. The Kier molecular flexibility index (Phi) is 7.09. The molecule has 0 aliphatic carbocycles. The number of rotatable bonds is 7. The van der Waals surface area contributed by atoms with Gasteiger partial charge in [0, 0.05) is 24.3 Å². The number of nitrogens with zero attached hydrogens (tertiary/aromatic N) is 3. The molecule has 0 radical (unpaired) electrons. The van der Waals surface area contributed by atoms with Gasteiger partial charge in [-0.2, -0.15) is 5.10 Å². The SMILES string of the molecule is CN1CCC(CNC(=O)c2cc(-c3ccc(NS(=O)(=O)c4cccc(Cl)c4Cl)cc3)nc3[nH]ncc23)C1. The van der Waals surface area contributed by atoms with Gasteiger partial charge in [-0.3, -0.25) is 14.6 Å². The minimum atomic E-state index is -3.95. The van der Waals surface area contributed by atoms with Gasteiger partial charge in [-0.1, -0.05) is 41.4 Å². The van der Waals surface area contributed by atoms with E-state index in [2.05, 4.69) is 37.2 Å². The summed E-state index contributed by atoms with van der Waals surface area (Å²) >= 11 is 12.1. The fourth-order valence-electron chi connectivity index (χ4n) is 4.40. The van der Waals surface area contributed by atoms with Crippen LogP contribution in [0.3, 0.4) is 0 Å². The van der Waals surface area contributed by atoms with Gasteiger partial charge < -0.3 is 10.2 Å². The molecule has 0 bridgehead atoms. The third-order valence-corrected chi connectivity index (χ3v) is 8.70. The van der Waals surface area contributed by atoms with E-state index in [1.165, 1.54) is 18.2 Å². The van der Waals surface area contributed by atoms with Crippen LogP contribution in [-0.4, -0.2) is 61.1 Å². The van der Waals surface area contributed by atoms with Crippen molar-refractivity contribution >= 4 is 55.9 Å². The summed E-state index contributed by atoms with van der Waals surface area (Å²) in [4.78, 5) is 19.8. The molecular formula is C25H24Cl2N6O3S. The number of anilines is 1. The number of pyridine rings is 1. The van der Waals surface area contributed by atoms with E-state index < -0.39 is 10.0 Å². The van der Waals surface area contributed by atoms with Gasteiger partial charge in [0.05, 0.1) is 32.9 Å². The summed E-state index contributed by atoms with van der Waals surface area (Å²) in [5.74, 6) is 0.237.